The monoisotopic (exact) mass is 374 g/mol. The lowest BCUT2D eigenvalue weighted by molar-refractivity contribution is -0.126. The highest BCUT2D eigenvalue weighted by Gasteiger charge is 2.47. The molecule has 1 heterocycles. The molecule has 8 nitrogen and oxygen atoms in total. The van der Waals surface area contributed by atoms with E-state index in [9.17, 15) is 28.1 Å². The fourth-order valence-corrected chi connectivity index (χ4v) is 4.35. The Labute approximate surface area is 150 Å². The highest BCUT2D eigenvalue weighted by molar-refractivity contribution is 7.90. The van der Waals surface area contributed by atoms with Crippen LogP contribution >= 0.6 is 0 Å². The van der Waals surface area contributed by atoms with E-state index in [1.165, 1.54) is 24.3 Å². The first-order chi connectivity index (χ1) is 12.3. The van der Waals surface area contributed by atoms with Gasteiger partial charge in [-0.1, -0.05) is 42.5 Å². The zero-order valence-electron chi connectivity index (χ0n) is 13.4. The molecule has 1 aliphatic rings. The lowest BCUT2D eigenvalue weighted by Crippen LogP contribution is -2.54. The standard InChI is InChI=1S/C16H15BN2O6S/c20-15-12-8-4-5-9-14(12)26(24,25)19(15)16(21)13(18-17(22)23)10-11-6-2-1-3-7-11/h1-9,13,18,22-23H,10H2/t13-/m0/s1. The fraction of sp³-hybridized carbons (Fsp3) is 0.125. The lowest BCUT2D eigenvalue weighted by atomic mass is 10.00. The largest absolute Gasteiger partial charge is 0.549 e. The van der Waals surface area contributed by atoms with Gasteiger partial charge >= 0.3 is 7.25 Å². The molecule has 3 N–H and O–H groups in total. The van der Waals surface area contributed by atoms with E-state index in [1.54, 1.807) is 30.3 Å². The summed E-state index contributed by atoms with van der Waals surface area (Å²) in [5.74, 6) is -2.04. The first kappa shape index (κ1) is 18.3. The van der Waals surface area contributed by atoms with Gasteiger partial charge in [0.1, 0.15) is 4.90 Å². The van der Waals surface area contributed by atoms with Crippen LogP contribution in [0.15, 0.2) is 59.5 Å². The molecule has 26 heavy (non-hydrogen) atoms. The fourth-order valence-electron chi connectivity index (χ4n) is 2.79. The van der Waals surface area contributed by atoms with Crippen LogP contribution in [-0.4, -0.2) is 47.9 Å². The Morgan fingerprint density at radius 3 is 2.31 bits per heavy atom. The second kappa shape index (κ2) is 7.00. The Kier molecular flexibility index (Phi) is 4.92. The zero-order valence-corrected chi connectivity index (χ0v) is 14.3. The maximum atomic E-state index is 12.8. The maximum absolute atomic E-state index is 12.8. The molecular formula is C16H15BN2O6S. The van der Waals surface area contributed by atoms with E-state index in [4.69, 9.17) is 0 Å². The third-order valence-corrected chi connectivity index (χ3v) is 5.69. The van der Waals surface area contributed by atoms with Crippen molar-refractivity contribution in [3.05, 3.63) is 65.7 Å². The van der Waals surface area contributed by atoms with Crippen molar-refractivity contribution < 1.29 is 28.1 Å². The summed E-state index contributed by atoms with van der Waals surface area (Å²) in [6, 6.07) is 12.8. The smallest absolute Gasteiger partial charge is 0.413 e. The molecular weight excluding hydrogens is 359 g/mol. The van der Waals surface area contributed by atoms with Gasteiger partial charge in [0.2, 0.25) is 0 Å². The minimum Gasteiger partial charge on any atom is -0.413 e. The van der Waals surface area contributed by atoms with Gasteiger partial charge in [0, 0.05) is 0 Å². The summed E-state index contributed by atoms with van der Waals surface area (Å²) in [5, 5.41) is 20.6. The van der Waals surface area contributed by atoms with Crippen LogP contribution < -0.4 is 5.23 Å². The predicted molar refractivity (Wildman–Crippen MR) is 92.1 cm³/mol. The number of nitrogens with one attached hydrogen (secondary N) is 1. The van der Waals surface area contributed by atoms with Crippen molar-refractivity contribution >= 4 is 29.1 Å². The molecule has 0 bridgehead atoms. The van der Waals surface area contributed by atoms with Gasteiger partial charge in [0.05, 0.1) is 11.6 Å². The Morgan fingerprint density at radius 2 is 1.69 bits per heavy atom. The van der Waals surface area contributed by atoms with Crippen LogP contribution in [0.25, 0.3) is 0 Å². The number of carbonyl (C=O) groups is 2. The molecule has 1 aliphatic heterocycles. The van der Waals surface area contributed by atoms with Crippen LogP contribution in [0.2, 0.25) is 0 Å². The summed E-state index contributed by atoms with van der Waals surface area (Å²) >= 11 is 0. The lowest BCUT2D eigenvalue weighted by Gasteiger charge is -2.22. The third kappa shape index (κ3) is 3.27. The Bertz CT molecular complexity index is 948. The van der Waals surface area contributed by atoms with Crippen LogP contribution in [0.5, 0.6) is 0 Å². The molecule has 0 saturated heterocycles. The summed E-state index contributed by atoms with van der Waals surface area (Å²) in [4.78, 5) is 25.0. The van der Waals surface area contributed by atoms with E-state index in [-0.39, 0.29) is 21.2 Å². The number of fused-ring (bicyclic) bond motifs is 1. The summed E-state index contributed by atoms with van der Waals surface area (Å²) in [7, 11) is -6.40. The minimum atomic E-state index is -4.34. The molecule has 0 aliphatic carbocycles. The first-order valence-electron chi connectivity index (χ1n) is 7.71. The second-order valence-electron chi connectivity index (χ2n) is 5.69. The molecule has 0 fully saturated rings. The first-order valence-corrected chi connectivity index (χ1v) is 9.15. The minimum absolute atomic E-state index is 0.0348. The number of nitrogens with zero attached hydrogens (tertiary/aromatic N) is 1. The molecule has 0 unspecified atom stereocenters. The number of amides is 2. The highest BCUT2D eigenvalue weighted by atomic mass is 32.2. The number of imide groups is 1. The van der Waals surface area contributed by atoms with Crippen molar-refractivity contribution in [2.45, 2.75) is 17.4 Å². The van der Waals surface area contributed by atoms with Crippen molar-refractivity contribution in [3.63, 3.8) is 0 Å². The average Bonchev–Trinajstić information content (AvgIpc) is 2.81. The molecule has 10 heteroatoms. The molecule has 0 aromatic heterocycles. The van der Waals surface area contributed by atoms with Gasteiger partial charge in [-0.15, -0.1) is 0 Å². The molecule has 2 amide bonds. The van der Waals surface area contributed by atoms with Crippen LogP contribution in [0.3, 0.4) is 0 Å². The quantitative estimate of drug-likeness (QED) is 0.605. The summed E-state index contributed by atoms with van der Waals surface area (Å²) < 4.78 is 25.4. The van der Waals surface area contributed by atoms with Gasteiger partial charge in [0.15, 0.2) is 0 Å². The SMILES string of the molecule is O=C1c2ccccc2S(=O)(=O)N1C(=O)[C@H](Cc1ccccc1)NB(O)O. The second-order valence-corrected chi connectivity index (χ2v) is 7.45. The summed E-state index contributed by atoms with van der Waals surface area (Å²) in [5.41, 5.74) is 0.560. The number of carbonyl (C=O) groups excluding carboxylic acids is 2. The molecule has 2 aromatic rings. The Hall–Kier alpha value is -2.53. The normalized spacial score (nSPS) is 16.2. The summed E-state index contributed by atoms with van der Waals surface area (Å²) in [6.45, 7) is 0. The topological polar surface area (TPSA) is 124 Å². The highest BCUT2D eigenvalue weighted by Crippen LogP contribution is 2.30. The van der Waals surface area contributed by atoms with Crippen molar-refractivity contribution in [3.8, 4) is 0 Å². The number of sulfonamides is 1. The van der Waals surface area contributed by atoms with E-state index in [0.29, 0.717) is 5.56 Å². The van der Waals surface area contributed by atoms with Crippen molar-refractivity contribution in [2.24, 2.45) is 0 Å². The molecule has 2 aromatic carbocycles. The molecule has 1 atom stereocenters. The third-order valence-electron chi connectivity index (χ3n) is 3.95. The predicted octanol–water partition coefficient (Wildman–Crippen LogP) is -0.472. The molecule has 0 spiro atoms. The Balaban J connectivity index is 1.96. The van der Waals surface area contributed by atoms with Crippen molar-refractivity contribution in [1.29, 1.82) is 0 Å². The molecule has 0 saturated carbocycles. The van der Waals surface area contributed by atoms with Crippen LogP contribution in [0.1, 0.15) is 15.9 Å². The van der Waals surface area contributed by atoms with E-state index >= 15 is 0 Å². The number of benzene rings is 2. The zero-order chi connectivity index (χ0) is 18.9. The van der Waals surface area contributed by atoms with Crippen molar-refractivity contribution in [2.75, 3.05) is 0 Å². The van der Waals surface area contributed by atoms with E-state index in [1.807, 2.05) is 0 Å². The van der Waals surface area contributed by atoms with Crippen molar-refractivity contribution in [1.82, 2.24) is 9.53 Å². The van der Waals surface area contributed by atoms with Crippen LogP contribution in [-0.2, 0) is 21.2 Å². The van der Waals surface area contributed by atoms with Gasteiger partial charge in [-0.3, -0.25) is 14.8 Å². The summed E-state index contributed by atoms with van der Waals surface area (Å²) in [6.07, 6.45) is -0.0348. The number of hydrogen-bond acceptors (Lipinski definition) is 7. The average molecular weight is 374 g/mol. The van der Waals surface area contributed by atoms with Gasteiger partial charge in [-0.25, -0.2) is 8.42 Å². The van der Waals surface area contributed by atoms with Gasteiger partial charge in [-0.2, -0.15) is 4.31 Å². The van der Waals surface area contributed by atoms with Gasteiger partial charge in [0.25, 0.3) is 21.8 Å². The maximum Gasteiger partial charge on any atom is 0.549 e. The van der Waals surface area contributed by atoms with Gasteiger partial charge < -0.3 is 10.0 Å². The van der Waals surface area contributed by atoms with Crippen LogP contribution in [0.4, 0.5) is 0 Å². The molecule has 0 radical (unpaired) electrons. The van der Waals surface area contributed by atoms with Crippen LogP contribution in [0, 0.1) is 0 Å². The number of hydrogen-bond donors (Lipinski definition) is 3. The molecule has 3 rings (SSSR count). The van der Waals surface area contributed by atoms with Gasteiger partial charge in [-0.05, 0) is 24.1 Å². The van der Waals surface area contributed by atoms with E-state index in [2.05, 4.69) is 5.23 Å². The Morgan fingerprint density at radius 1 is 1.08 bits per heavy atom. The van der Waals surface area contributed by atoms with E-state index in [0.717, 1.165) is 0 Å². The molecule has 134 valence electrons. The number of rotatable bonds is 5. The van der Waals surface area contributed by atoms with E-state index < -0.39 is 35.1 Å².